The summed E-state index contributed by atoms with van der Waals surface area (Å²) in [5.74, 6) is -2.21. The molecule has 0 bridgehead atoms. The Kier molecular flexibility index (Phi) is 5.64. The van der Waals surface area contributed by atoms with E-state index in [4.69, 9.17) is 0 Å². The first-order chi connectivity index (χ1) is 7.86. The summed E-state index contributed by atoms with van der Waals surface area (Å²) in [4.78, 5) is 10.9. The zero-order chi connectivity index (χ0) is 13.6. The van der Waals surface area contributed by atoms with Crippen molar-refractivity contribution in [3.8, 4) is 0 Å². The largest absolute Gasteiger partial charge is 0.465 e. The van der Waals surface area contributed by atoms with Crippen molar-refractivity contribution in [3.05, 3.63) is 35.1 Å². The van der Waals surface area contributed by atoms with Crippen LogP contribution in [0.4, 0.5) is 17.6 Å². The van der Waals surface area contributed by atoms with Gasteiger partial charge in [-0.3, -0.25) is 0 Å². The fourth-order valence-corrected chi connectivity index (χ4v) is 1.04. The number of benzene rings is 1. The minimum atomic E-state index is -4.79. The highest BCUT2D eigenvalue weighted by molar-refractivity contribution is 5.91. The van der Waals surface area contributed by atoms with Crippen molar-refractivity contribution < 1.29 is 27.1 Å². The van der Waals surface area contributed by atoms with Gasteiger partial charge in [-0.15, -0.1) is 0 Å². The highest BCUT2D eigenvalue weighted by Gasteiger charge is 2.35. The van der Waals surface area contributed by atoms with E-state index in [1.807, 2.05) is 13.8 Å². The average molecular weight is 252 g/mol. The van der Waals surface area contributed by atoms with E-state index in [2.05, 4.69) is 4.74 Å². The third-order valence-corrected chi connectivity index (χ3v) is 1.69. The molecule has 1 aromatic rings. The van der Waals surface area contributed by atoms with Gasteiger partial charge in [0.1, 0.15) is 5.82 Å². The summed E-state index contributed by atoms with van der Waals surface area (Å²) in [5, 5.41) is 0. The maximum absolute atomic E-state index is 12.6. The number of carbonyl (C=O) groups excluding carboxylic acids is 1. The number of hydrogen-bond acceptors (Lipinski definition) is 2. The Labute approximate surface area is 96.2 Å². The van der Waals surface area contributed by atoms with Gasteiger partial charge in [0.05, 0.1) is 18.2 Å². The van der Waals surface area contributed by atoms with Crippen molar-refractivity contribution in [3.63, 3.8) is 0 Å². The van der Waals surface area contributed by atoms with Gasteiger partial charge >= 0.3 is 12.1 Å². The van der Waals surface area contributed by atoms with Crippen LogP contribution in [0.25, 0.3) is 0 Å². The molecule has 0 fully saturated rings. The predicted molar refractivity (Wildman–Crippen MR) is 54.1 cm³/mol. The lowest BCUT2D eigenvalue weighted by atomic mass is 10.1. The summed E-state index contributed by atoms with van der Waals surface area (Å²) in [6, 6.07) is 1.76. The van der Waals surface area contributed by atoms with Gasteiger partial charge in [-0.25, -0.2) is 9.18 Å². The van der Waals surface area contributed by atoms with E-state index in [0.29, 0.717) is 0 Å². The molecule has 6 heteroatoms. The van der Waals surface area contributed by atoms with Crippen LogP contribution < -0.4 is 0 Å². The molecule has 0 unspecified atom stereocenters. The Bertz CT molecular complexity index is 386. The summed E-state index contributed by atoms with van der Waals surface area (Å²) in [7, 11) is 0.950. The first kappa shape index (κ1) is 15.4. The Balaban J connectivity index is 0.00000121. The van der Waals surface area contributed by atoms with Crippen molar-refractivity contribution >= 4 is 5.97 Å². The summed E-state index contributed by atoms with van der Waals surface area (Å²) in [6.07, 6.45) is -4.79. The van der Waals surface area contributed by atoms with Crippen molar-refractivity contribution in [2.45, 2.75) is 20.0 Å². The fourth-order valence-electron chi connectivity index (χ4n) is 1.04. The maximum atomic E-state index is 12.6. The maximum Gasteiger partial charge on any atom is 0.417 e. The Morgan fingerprint density at radius 1 is 1.24 bits per heavy atom. The second-order valence-corrected chi connectivity index (χ2v) is 2.68. The first-order valence-corrected chi connectivity index (χ1v) is 4.81. The lowest BCUT2D eigenvalue weighted by Crippen LogP contribution is -2.14. The molecule has 0 aliphatic carbocycles. The molecule has 0 N–H and O–H groups in total. The normalized spacial score (nSPS) is 10.3. The van der Waals surface area contributed by atoms with Crippen LogP contribution in [0, 0.1) is 5.82 Å². The minimum Gasteiger partial charge on any atom is -0.465 e. The standard InChI is InChI=1S/C9H6F4O2.C2H6/c1-15-8(14)6-3-2-5(10)4-7(6)9(11,12)13;1-2/h2-4H,1H3;1-2H3. The van der Waals surface area contributed by atoms with E-state index < -0.39 is 29.1 Å². The quantitative estimate of drug-likeness (QED) is 0.563. The molecule has 17 heavy (non-hydrogen) atoms. The summed E-state index contributed by atoms with van der Waals surface area (Å²) in [6.45, 7) is 4.00. The third kappa shape index (κ3) is 4.05. The first-order valence-electron chi connectivity index (χ1n) is 4.81. The summed E-state index contributed by atoms with van der Waals surface area (Å²) >= 11 is 0. The van der Waals surface area contributed by atoms with E-state index in [1.165, 1.54) is 0 Å². The second-order valence-electron chi connectivity index (χ2n) is 2.68. The van der Waals surface area contributed by atoms with Crippen molar-refractivity contribution in [2.24, 2.45) is 0 Å². The van der Waals surface area contributed by atoms with Crippen LogP contribution in [0.3, 0.4) is 0 Å². The third-order valence-electron chi connectivity index (χ3n) is 1.69. The van der Waals surface area contributed by atoms with Crippen LogP contribution >= 0.6 is 0 Å². The van der Waals surface area contributed by atoms with Gasteiger partial charge < -0.3 is 4.74 Å². The zero-order valence-electron chi connectivity index (χ0n) is 9.56. The van der Waals surface area contributed by atoms with Crippen LogP contribution in [0.1, 0.15) is 29.8 Å². The topological polar surface area (TPSA) is 26.3 Å². The number of halogens is 4. The lowest BCUT2D eigenvalue weighted by Gasteiger charge is -2.10. The van der Waals surface area contributed by atoms with Crippen molar-refractivity contribution in [1.82, 2.24) is 0 Å². The number of hydrogen-bond donors (Lipinski definition) is 0. The number of carbonyl (C=O) groups is 1. The van der Waals surface area contributed by atoms with E-state index >= 15 is 0 Å². The predicted octanol–water partition coefficient (Wildman–Crippen LogP) is 3.66. The average Bonchev–Trinajstić information content (AvgIpc) is 2.29. The van der Waals surface area contributed by atoms with Gasteiger partial charge in [-0.1, -0.05) is 13.8 Å². The molecular weight excluding hydrogens is 240 g/mol. The molecule has 0 saturated carbocycles. The number of ether oxygens (including phenoxy) is 1. The Morgan fingerprint density at radius 3 is 2.18 bits per heavy atom. The zero-order valence-corrected chi connectivity index (χ0v) is 9.56. The Hall–Kier alpha value is -1.59. The van der Waals surface area contributed by atoms with Crippen LogP contribution in [0.2, 0.25) is 0 Å². The lowest BCUT2D eigenvalue weighted by molar-refractivity contribution is -0.138. The van der Waals surface area contributed by atoms with Crippen LogP contribution in [0.5, 0.6) is 0 Å². The second kappa shape index (κ2) is 6.22. The van der Waals surface area contributed by atoms with E-state index in [-0.39, 0.29) is 6.07 Å². The summed E-state index contributed by atoms with van der Waals surface area (Å²) in [5.41, 5.74) is -2.04. The molecular formula is C11H12F4O2. The van der Waals surface area contributed by atoms with Crippen LogP contribution in [0.15, 0.2) is 18.2 Å². The van der Waals surface area contributed by atoms with E-state index in [1.54, 1.807) is 0 Å². The molecule has 0 aliphatic rings. The van der Waals surface area contributed by atoms with Crippen molar-refractivity contribution in [2.75, 3.05) is 7.11 Å². The van der Waals surface area contributed by atoms with Crippen molar-refractivity contribution in [1.29, 1.82) is 0 Å². The molecule has 1 aromatic carbocycles. The molecule has 0 spiro atoms. The highest BCUT2D eigenvalue weighted by Crippen LogP contribution is 2.32. The highest BCUT2D eigenvalue weighted by atomic mass is 19.4. The molecule has 0 saturated heterocycles. The van der Waals surface area contributed by atoms with Crippen LogP contribution in [-0.2, 0) is 10.9 Å². The molecule has 2 nitrogen and oxygen atoms in total. The SMILES string of the molecule is CC.COC(=O)c1ccc(F)cc1C(F)(F)F. The molecule has 0 aliphatic heterocycles. The number of esters is 1. The smallest absolute Gasteiger partial charge is 0.417 e. The van der Waals surface area contributed by atoms with E-state index in [0.717, 1.165) is 19.2 Å². The number of alkyl halides is 3. The minimum absolute atomic E-state index is 0.256. The molecule has 0 heterocycles. The van der Waals surface area contributed by atoms with Gasteiger partial charge in [0, 0.05) is 0 Å². The molecule has 0 radical (unpaired) electrons. The number of rotatable bonds is 1. The van der Waals surface area contributed by atoms with Crippen LogP contribution in [-0.4, -0.2) is 13.1 Å². The molecule has 0 amide bonds. The molecule has 0 aromatic heterocycles. The number of methoxy groups -OCH3 is 1. The van der Waals surface area contributed by atoms with E-state index in [9.17, 15) is 22.4 Å². The molecule has 96 valence electrons. The van der Waals surface area contributed by atoms with Gasteiger partial charge in [0.15, 0.2) is 0 Å². The van der Waals surface area contributed by atoms with Gasteiger partial charge in [0.25, 0.3) is 0 Å². The van der Waals surface area contributed by atoms with Gasteiger partial charge in [-0.2, -0.15) is 13.2 Å². The van der Waals surface area contributed by atoms with Gasteiger partial charge in [0.2, 0.25) is 0 Å². The Morgan fingerprint density at radius 2 is 1.76 bits per heavy atom. The monoisotopic (exact) mass is 252 g/mol. The fraction of sp³-hybridized carbons (Fsp3) is 0.364. The summed E-state index contributed by atoms with van der Waals surface area (Å²) < 4.78 is 53.8. The van der Waals surface area contributed by atoms with Gasteiger partial charge in [-0.05, 0) is 18.2 Å². The molecule has 1 rings (SSSR count). The molecule has 0 atom stereocenters.